The number of fused-ring (bicyclic) bond motifs is 1. The lowest BCUT2D eigenvalue weighted by molar-refractivity contribution is 0.514. The number of benzene rings is 1. The summed E-state index contributed by atoms with van der Waals surface area (Å²) < 4.78 is 6.76. The van der Waals surface area contributed by atoms with Gasteiger partial charge < -0.3 is 10.2 Å². The number of nitrogens with zero attached hydrogens (tertiary/aromatic N) is 1. The first-order valence-electron chi connectivity index (χ1n) is 5.19. The SMILES string of the molecule is CCSCCn1c(=O)oc2ccc(N)cc21. The van der Waals surface area contributed by atoms with Crippen LogP contribution in [0.4, 0.5) is 5.69 Å². The normalized spacial score (nSPS) is 11.1. The Bertz CT molecular complexity index is 544. The van der Waals surface area contributed by atoms with Crippen LogP contribution in [0.15, 0.2) is 27.4 Å². The van der Waals surface area contributed by atoms with Crippen molar-refractivity contribution in [1.29, 1.82) is 0 Å². The van der Waals surface area contributed by atoms with E-state index in [0.29, 0.717) is 17.8 Å². The van der Waals surface area contributed by atoms with Crippen LogP contribution in [0.5, 0.6) is 0 Å². The third-order valence-electron chi connectivity index (χ3n) is 2.35. The number of oxazole rings is 1. The molecule has 0 fully saturated rings. The number of thioether (sulfide) groups is 1. The van der Waals surface area contributed by atoms with Gasteiger partial charge in [-0.1, -0.05) is 6.92 Å². The molecule has 0 radical (unpaired) electrons. The highest BCUT2D eigenvalue weighted by molar-refractivity contribution is 7.99. The summed E-state index contributed by atoms with van der Waals surface area (Å²) in [6, 6.07) is 5.24. The molecule has 1 aromatic heterocycles. The fourth-order valence-corrected chi connectivity index (χ4v) is 2.19. The number of hydrogen-bond donors (Lipinski definition) is 1. The van der Waals surface area contributed by atoms with Gasteiger partial charge in [0.1, 0.15) is 0 Å². The van der Waals surface area contributed by atoms with E-state index in [9.17, 15) is 4.79 Å². The number of hydrogen-bond acceptors (Lipinski definition) is 4. The topological polar surface area (TPSA) is 61.2 Å². The first kappa shape index (κ1) is 11.1. The van der Waals surface area contributed by atoms with E-state index in [1.807, 2.05) is 0 Å². The third-order valence-corrected chi connectivity index (χ3v) is 3.23. The number of anilines is 1. The first-order chi connectivity index (χ1) is 7.72. The molecule has 0 aliphatic carbocycles. The Morgan fingerprint density at radius 3 is 3.06 bits per heavy atom. The molecule has 0 bridgehead atoms. The van der Waals surface area contributed by atoms with Gasteiger partial charge in [0, 0.05) is 18.0 Å². The van der Waals surface area contributed by atoms with E-state index in [-0.39, 0.29) is 5.76 Å². The Morgan fingerprint density at radius 2 is 2.31 bits per heavy atom. The van der Waals surface area contributed by atoms with E-state index >= 15 is 0 Å². The molecule has 0 aliphatic rings. The second-order valence-corrected chi connectivity index (χ2v) is 4.84. The van der Waals surface area contributed by atoms with Gasteiger partial charge in [0.25, 0.3) is 0 Å². The smallest absolute Gasteiger partial charge is 0.408 e. The van der Waals surface area contributed by atoms with E-state index in [0.717, 1.165) is 17.0 Å². The summed E-state index contributed by atoms with van der Waals surface area (Å²) in [5, 5.41) is 0. The minimum Gasteiger partial charge on any atom is -0.408 e. The molecule has 2 rings (SSSR count). The summed E-state index contributed by atoms with van der Waals surface area (Å²) in [7, 11) is 0. The van der Waals surface area contributed by atoms with Crippen LogP contribution in [0.1, 0.15) is 6.92 Å². The predicted octanol–water partition coefficient (Wildman–Crippen LogP) is 1.93. The summed E-state index contributed by atoms with van der Waals surface area (Å²) in [5.74, 6) is 1.64. The van der Waals surface area contributed by atoms with Crippen LogP contribution in [0.25, 0.3) is 11.1 Å². The van der Waals surface area contributed by atoms with Gasteiger partial charge in [-0.3, -0.25) is 4.57 Å². The Labute approximate surface area is 97.4 Å². The molecular formula is C11H14N2O2S. The van der Waals surface area contributed by atoms with Gasteiger partial charge in [0.05, 0.1) is 5.52 Å². The third kappa shape index (κ3) is 2.09. The molecule has 0 atom stereocenters. The Morgan fingerprint density at radius 1 is 1.50 bits per heavy atom. The molecule has 2 aromatic rings. The van der Waals surface area contributed by atoms with E-state index < -0.39 is 0 Å². The zero-order valence-corrected chi connectivity index (χ0v) is 9.92. The highest BCUT2D eigenvalue weighted by Crippen LogP contribution is 2.16. The van der Waals surface area contributed by atoms with Gasteiger partial charge >= 0.3 is 5.76 Å². The van der Waals surface area contributed by atoms with Gasteiger partial charge in [0.15, 0.2) is 5.58 Å². The standard InChI is InChI=1S/C11H14N2O2S/c1-2-16-6-5-13-9-7-8(12)3-4-10(9)15-11(13)14/h3-4,7H,2,5-6,12H2,1H3. The highest BCUT2D eigenvalue weighted by atomic mass is 32.2. The number of aromatic nitrogens is 1. The number of aryl methyl sites for hydroxylation is 1. The molecule has 0 aliphatic heterocycles. The minimum atomic E-state index is -0.308. The van der Waals surface area contributed by atoms with Crippen molar-refractivity contribution in [2.45, 2.75) is 13.5 Å². The van der Waals surface area contributed by atoms with Crippen LogP contribution >= 0.6 is 11.8 Å². The van der Waals surface area contributed by atoms with E-state index in [2.05, 4.69) is 6.92 Å². The van der Waals surface area contributed by atoms with Crippen molar-refractivity contribution in [1.82, 2.24) is 4.57 Å². The molecule has 1 heterocycles. The van der Waals surface area contributed by atoms with E-state index in [1.165, 1.54) is 0 Å². The molecule has 16 heavy (non-hydrogen) atoms. The summed E-state index contributed by atoms with van der Waals surface area (Å²) >= 11 is 1.80. The van der Waals surface area contributed by atoms with Crippen molar-refractivity contribution < 1.29 is 4.42 Å². The lowest BCUT2D eigenvalue weighted by atomic mass is 10.3. The Balaban J connectivity index is 2.38. The molecule has 0 saturated heterocycles. The molecule has 1 aromatic carbocycles. The van der Waals surface area contributed by atoms with Crippen molar-refractivity contribution in [2.75, 3.05) is 17.2 Å². The Hall–Kier alpha value is -1.36. The van der Waals surface area contributed by atoms with Crippen molar-refractivity contribution in [3.05, 3.63) is 28.7 Å². The lowest BCUT2D eigenvalue weighted by Crippen LogP contribution is -2.15. The fraction of sp³-hybridized carbons (Fsp3) is 0.364. The van der Waals surface area contributed by atoms with Crippen LogP contribution in [0, 0.1) is 0 Å². The average molecular weight is 238 g/mol. The second-order valence-electron chi connectivity index (χ2n) is 3.44. The summed E-state index contributed by atoms with van der Waals surface area (Å²) in [5.41, 5.74) is 7.72. The number of nitrogens with two attached hydrogens (primary N) is 1. The summed E-state index contributed by atoms with van der Waals surface area (Å²) in [4.78, 5) is 11.6. The zero-order valence-electron chi connectivity index (χ0n) is 9.10. The molecule has 5 heteroatoms. The number of nitrogen functional groups attached to an aromatic ring is 1. The van der Waals surface area contributed by atoms with E-state index in [1.54, 1.807) is 34.5 Å². The number of rotatable bonds is 4. The largest absolute Gasteiger partial charge is 0.419 e. The Kier molecular flexibility index (Phi) is 3.24. The fourth-order valence-electron chi connectivity index (χ4n) is 1.59. The van der Waals surface area contributed by atoms with Crippen LogP contribution in [-0.4, -0.2) is 16.1 Å². The molecule has 4 nitrogen and oxygen atoms in total. The molecule has 0 spiro atoms. The van der Waals surface area contributed by atoms with Crippen LogP contribution in [-0.2, 0) is 6.54 Å². The van der Waals surface area contributed by atoms with Crippen molar-refractivity contribution in [2.24, 2.45) is 0 Å². The maximum absolute atomic E-state index is 11.6. The molecule has 2 N–H and O–H groups in total. The van der Waals surface area contributed by atoms with Gasteiger partial charge in [0.2, 0.25) is 0 Å². The van der Waals surface area contributed by atoms with Crippen LogP contribution in [0.2, 0.25) is 0 Å². The minimum absolute atomic E-state index is 0.308. The van der Waals surface area contributed by atoms with Gasteiger partial charge in [-0.05, 0) is 24.0 Å². The van der Waals surface area contributed by atoms with Gasteiger partial charge in [-0.15, -0.1) is 0 Å². The first-order valence-corrected chi connectivity index (χ1v) is 6.34. The van der Waals surface area contributed by atoms with Crippen molar-refractivity contribution >= 4 is 28.5 Å². The maximum atomic E-state index is 11.6. The second kappa shape index (κ2) is 4.65. The quantitative estimate of drug-likeness (QED) is 0.653. The highest BCUT2D eigenvalue weighted by Gasteiger charge is 2.08. The average Bonchev–Trinajstić information content (AvgIpc) is 2.56. The molecule has 86 valence electrons. The summed E-state index contributed by atoms with van der Waals surface area (Å²) in [6.07, 6.45) is 0. The summed E-state index contributed by atoms with van der Waals surface area (Å²) in [6.45, 7) is 2.76. The van der Waals surface area contributed by atoms with Crippen molar-refractivity contribution in [3.8, 4) is 0 Å². The molecular weight excluding hydrogens is 224 g/mol. The van der Waals surface area contributed by atoms with Crippen LogP contribution in [0.3, 0.4) is 0 Å². The van der Waals surface area contributed by atoms with E-state index in [4.69, 9.17) is 10.2 Å². The predicted molar refractivity (Wildman–Crippen MR) is 67.9 cm³/mol. The van der Waals surface area contributed by atoms with Gasteiger partial charge in [-0.25, -0.2) is 4.79 Å². The lowest BCUT2D eigenvalue weighted by Gasteiger charge is -2.01. The molecule has 0 amide bonds. The van der Waals surface area contributed by atoms with Crippen molar-refractivity contribution in [3.63, 3.8) is 0 Å². The maximum Gasteiger partial charge on any atom is 0.419 e. The monoisotopic (exact) mass is 238 g/mol. The zero-order chi connectivity index (χ0) is 11.5. The van der Waals surface area contributed by atoms with Crippen LogP contribution < -0.4 is 11.5 Å². The molecule has 0 unspecified atom stereocenters. The van der Waals surface area contributed by atoms with Gasteiger partial charge in [-0.2, -0.15) is 11.8 Å². The molecule has 0 saturated carbocycles.